The molecule has 1 aliphatic heterocycles. The first-order valence-electron chi connectivity index (χ1n) is 9.86. The van der Waals surface area contributed by atoms with Crippen LogP contribution >= 0.6 is 0 Å². The number of benzene rings is 1. The van der Waals surface area contributed by atoms with Gasteiger partial charge in [-0.1, -0.05) is 12.1 Å². The Morgan fingerprint density at radius 2 is 2.03 bits per heavy atom. The molecule has 9 nitrogen and oxygen atoms in total. The summed E-state index contributed by atoms with van der Waals surface area (Å²) < 4.78 is 18.5. The Kier molecular flexibility index (Phi) is 5.89. The molecular formula is C22H19FN6O3. The summed E-state index contributed by atoms with van der Waals surface area (Å²) in [6, 6.07) is 4.94. The van der Waals surface area contributed by atoms with Gasteiger partial charge in [-0.05, 0) is 24.1 Å². The quantitative estimate of drug-likeness (QED) is 0.610. The standard InChI is InChI=1S/C22H19FN6O3/c1-3-4-14-12-16(22(31)29(2)19-18(14)24-9-10-25-19)26-20(30)21-28-27-17(32-21)11-13-5-7-15(23)8-6-13/h1,5-10,14,16H,4,11-12H2,2H3,(H,26,30)/t14-,16+/m0/s1. The lowest BCUT2D eigenvalue weighted by Crippen LogP contribution is -2.47. The number of halogens is 1. The molecule has 4 rings (SSSR count). The van der Waals surface area contributed by atoms with E-state index in [1.165, 1.54) is 23.2 Å². The Labute approximate surface area is 183 Å². The van der Waals surface area contributed by atoms with Crippen LogP contribution in [0.5, 0.6) is 0 Å². The molecule has 0 fully saturated rings. The zero-order valence-electron chi connectivity index (χ0n) is 17.2. The van der Waals surface area contributed by atoms with Crippen molar-refractivity contribution in [2.24, 2.45) is 0 Å². The minimum atomic E-state index is -0.880. The van der Waals surface area contributed by atoms with Crippen molar-refractivity contribution in [2.45, 2.75) is 31.2 Å². The van der Waals surface area contributed by atoms with Crippen LogP contribution in [0.3, 0.4) is 0 Å². The van der Waals surface area contributed by atoms with Gasteiger partial charge in [0.05, 0.1) is 12.1 Å². The zero-order valence-corrected chi connectivity index (χ0v) is 17.2. The first-order valence-corrected chi connectivity index (χ1v) is 9.86. The fourth-order valence-electron chi connectivity index (χ4n) is 3.58. The molecule has 0 bridgehead atoms. The van der Waals surface area contributed by atoms with Crippen molar-refractivity contribution < 1.29 is 18.4 Å². The molecule has 162 valence electrons. The van der Waals surface area contributed by atoms with Crippen molar-refractivity contribution in [2.75, 3.05) is 11.9 Å². The third-order valence-electron chi connectivity index (χ3n) is 5.16. The Balaban J connectivity index is 1.50. The van der Waals surface area contributed by atoms with E-state index in [1.54, 1.807) is 25.4 Å². The molecule has 1 aliphatic rings. The number of fused-ring (bicyclic) bond motifs is 1. The highest BCUT2D eigenvalue weighted by Gasteiger charge is 2.36. The van der Waals surface area contributed by atoms with Crippen molar-refractivity contribution in [1.29, 1.82) is 0 Å². The van der Waals surface area contributed by atoms with E-state index in [0.717, 1.165) is 5.56 Å². The van der Waals surface area contributed by atoms with Gasteiger partial charge in [-0.15, -0.1) is 22.5 Å². The molecule has 2 aromatic heterocycles. The summed E-state index contributed by atoms with van der Waals surface area (Å²) in [5, 5.41) is 10.3. The van der Waals surface area contributed by atoms with Gasteiger partial charge in [0.25, 0.3) is 5.91 Å². The van der Waals surface area contributed by atoms with Gasteiger partial charge in [0.1, 0.15) is 11.9 Å². The largest absolute Gasteiger partial charge is 0.417 e. The van der Waals surface area contributed by atoms with Crippen LogP contribution in [0.1, 0.15) is 46.6 Å². The Bertz CT molecular complexity index is 1190. The average molecular weight is 434 g/mol. The number of nitrogens with one attached hydrogen (secondary N) is 1. The maximum absolute atomic E-state index is 13.1. The van der Waals surface area contributed by atoms with Crippen LogP contribution in [0.2, 0.25) is 0 Å². The van der Waals surface area contributed by atoms with Gasteiger partial charge in [0.2, 0.25) is 5.89 Å². The first-order chi connectivity index (χ1) is 15.5. The third-order valence-corrected chi connectivity index (χ3v) is 5.16. The molecule has 0 saturated carbocycles. The molecule has 32 heavy (non-hydrogen) atoms. The van der Waals surface area contributed by atoms with Gasteiger partial charge in [-0.25, -0.2) is 9.37 Å². The maximum Gasteiger partial charge on any atom is 0.309 e. The lowest BCUT2D eigenvalue weighted by Gasteiger charge is -2.20. The molecule has 3 heterocycles. The number of likely N-dealkylation sites (N-methyl/N-ethyl adjacent to an activating group) is 1. The zero-order chi connectivity index (χ0) is 22.7. The molecule has 0 aliphatic carbocycles. The monoisotopic (exact) mass is 434 g/mol. The number of amides is 2. The highest BCUT2D eigenvalue weighted by molar-refractivity contribution is 6.01. The average Bonchev–Trinajstić information content (AvgIpc) is 3.24. The first kappa shape index (κ1) is 21.1. The molecule has 10 heteroatoms. The van der Waals surface area contributed by atoms with E-state index < -0.39 is 11.9 Å². The summed E-state index contributed by atoms with van der Waals surface area (Å²) in [7, 11) is 1.57. The van der Waals surface area contributed by atoms with Crippen molar-refractivity contribution in [3.63, 3.8) is 0 Å². The number of anilines is 1. The van der Waals surface area contributed by atoms with Gasteiger partial charge in [-0.3, -0.25) is 19.5 Å². The summed E-state index contributed by atoms with van der Waals surface area (Å²) in [6.07, 6.45) is 9.37. The molecule has 0 saturated heterocycles. The van der Waals surface area contributed by atoms with Crippen LogP contribution in [-0.2, 0) is 11.2 Å². The number of carbonyl (C=O) groups is 2. The predicted molar refractivity (Wildman–Crippen MR) is 111 cm³/mol. The van der Waals surface area contributed by atoms with Crippen molar-refractivity contribution in [3.05, 3.63) is 65.5 Å². The van der Waals surface area contributed by atoms with E-state index in [1.807, 2.05) is 0 Å². The summed E-state index contributed by atoms with van der Waals surface area (Å²) >= 11 is 0. The van der Waals surface area contributed by atoms with Crippen molar-refractivity contribution in [1.82, 2.24) is 25.5 Å². The molecule has 3 aromatic rings. The minimum absolute atomic E-state index is 0.192. The van der Waals surface area contributed by atoms with E-state index in [9.17, 15) is 14.0 Å². The number of hydrogen-bond acceptors (Lipinski definition) is 7. The van der Waals surface area contributed by atoms with Crippen LogP contribution in [-0.4, -0.2) is 45.1 Å². The summed E-state index contributed by atoms with van der Waals surface area (Å²) in [6.45, 7) is 0. The number of hydrogen-bond donors (Lipinski definition) is 1. The van der Waals surface area contributed by atoms with Gasteiger partial charge >= 0.3 is 11.8 Å². The van der Waals surface area contributed by atoms with Crippen LogP contribution in [0.4, 0.5) is 10.2 Å². The number of terminal acetylenes is 1. The van der Waals surface area contributed by atoms with Crippen LogP contribution in [0.15, 0.2) is 41.1 Å². The predicted octanol–water partition coefficient (Wildman–Crippen LogP) is 1.86. The molecule has 0 unspecified atom stereocenters. The molecular weight excluding hydrogens is 415 g/mol. The fraction of sp³-hybridized carbons (Fsp3) is 0.273. The minimum Gasteiger partial charge on any atom is -0.417 e. The summed E-state index contributed by atoms with van der Waals surface area (Å²) in [5.41, 5.74) is 1.36. The molecule has 1 aromatic carbocycles. The Hall–Kier alpha value is -4.13. The lowest BCUT2D eigenvalue weighted by atomic mass is 9.94. The molecule has 1 N–H and O–H groups in total. The second-order valence-corrected chi connectivity index (χ2v) is 7.33. The Morgan fingerprint density at radius 1 is 1.28 bits per heavy atom. The third kappa shape index (κ3) is 4.32. The number of carbonyl (C=O) groups excluding carboxylic acids is 2. The molecule has 2 atom stereocenters. The van der Waals surface area contributed by atoms with E-state index in [4.69, 9.17) is 10.8 Å². The number of rotatable bonds is 5. The van der Waals surface area contributed by atoms with E-state index >= 15 is 0 Å². The van der Waals surface area contributed by atoms with Gasteiger partial charge in [0.15, 0.2) is 5.82 Å². The fourth-order valence-corrected chi connectivity index (χ4v) is 3.58. The normalized spacial score (nSPS) is 17.9. The van der Waals surface area contributed by atoms with Gasteiger partial charge < -0.3 is 9.73 Å². The lowest BCUT2D eigenvalue weighted by molar-refractivity contribution is -0.120. The van der Waals surface area contributed by atoms with E-state index in [-0.39, 0.29) is 42.3 Å². The van der Waals surface area contributed by atoms with Crippen molar-refractivity contribution in [3.8, 4) is 12.3 Å². The molecule has 0 radical (unpaired) electrons. The topological polar surface area (TPSA) is 114 Å². The van der Waals surface area contributed by atoms with Crippen molar-refractivity contribution >= 4 is 17.6 Å². The summed E-state index contributed by atoms with van der Waals surface area (Å²) in [5.74, 6) is 1.27. The van der Waals surface area contributed by atoms with Crippen LogP contribution in [0, 0.1) is 18.2 Å². The Morgan fingerprint density at radius 3 is 2.78 bits per heavy atom. The summed E-state index contributed by atoms with van der Waals surface area (Å²) in [4.78, 5) is 35.7. The molecule has 2 amide bonds. The molecule has 0 spiro atoms. The second kappa shape index (κ2) is 8.93. The second-order valence-electron chi connectivity index (χ2n) is 7.33. The van der Waals surface area contributed by atoms with Gasteiger partial charge in [0, 0.05) is 31.8 Å². The number of nitrogens with zero attached hydrogens (tertiary/aromatic N) is 5. The van der Waals surface area contributed by atoms with E-state index in [0.29, 0.717) is 17.9 Å². The number of aromatic nitrogens is 4. The maximum atomic E-state index is 13.1. The van der Waals surface area contributed by atoms with E-state index in [2.05, 4.69) is 31.4 Å². The van der Waals surface area contributed by atoms with Gasteiger partial charge in [-0.2, -0.15) is 0 Å². The SMILES string of the molecule is C#CC[C@H]1C[C@@H](NC(=O)c2nnc(Cc3ccc(F)cc3)o2)C(=O)N(C)c2nccnc21. The highest BCUT2D eigenvalue weighted by atomic mass is 19.1. The van der Waals surface area contributed by atoms with Crippen LogP contribution in [0.25, 0.3) is 0 Å². The highest BCUT2D eigenvalue weighted by Crippen LogP contribution is 2.33. The smallest absolute Gasteiger partial charge is 0.309 e. The van der Waals surface area contributed by atoms with Crippen LogP contribution < -0.4 is 10.2 Å².